The maximum absolute atomic E-state index is 13.9. The van der Waals surface area contributed by atoms with Gasteiger partial charge in [0.2, 0.25) is 0 Å². The minimum atomic E-state index is -0.908. The minimum absolute atomic E-state index is 0.0649. The lowest BCUT2D eigenvalue weighted by Gasteiger charge is -2.42. The topological polar surface area (TPSA) is 45.7 Å². The summed E-state index contributed by atoms with van der Waals surface area (Å²) in [4.78, 5) is 22.5. The van der Waals surface area contributed by atoms with Crippen molar-refractivity contribution in [2.75, 3.05) is 26.2 Å². The van der Waals surface area contributed by atoms with E-state index >= 15 is 0 Å². The van der Waals surface area contributed by atoms with E-state index in [-0.39, 0.29) is 11.8 Å². The lowest BCUT2D eigenvalue weighted by atomic mass is 9.83. The molecule has 0 saturated carbocycles. The number of carbonyl (C=O) groups is 1. The summed E-state index contributed by atoms with van der Waals surface area (Å²) >= 11 is 6.20. The number of benzene rings is 2. The van der Waals surface area contributed by atoms with Gasteiger partial charge in [-0.1, -0.05) is 60.1 Å². The average molecular weight is 448 g/mol. The molecule has 0 aliphatic carbocycles. The number of hydrogen-bond acceptors (Lipinski definition) is 4. The fraction of sp³-hybridized carbons (Fsp3) is 0.308. The second-order valence-corrected chi connectivity index (χ2v) is 9.03. The normalized spacial score (nSPS) is 23.7. The third-order valence-electron chi connectivity index (χ3n) is 6.43. The van der Waals surface area contributed by atoms with E-state index in [1.165, 1.54) is 0 Å². The van der Waals surface area contributed by atoms with Crippen molar-refractivity contribution in [1.82, 2.24) is 14.8 Å². The Hall–Kier alpha value is -2.73. The first kappa shape index (κ1) is 21.1. The van der Waals surface area contributed by atoms with E-state index in [9.17, 15) is 4.79 Å². The molecule has 2 fully saturated rings. The number of ether oxygens (including phenoxy) is 1. The number of amides is 1. The molecule has 3 aromatic rings. The molecule has 0 bridgehead atoms. The van der Waals surface area contributed by atoms with E-state index < -0.39 is 5.60 Å². The number of halogens is 1. The molecule has 2 saturated heterocycles. The highest BCUT2D eigenvalue weighted by Gasteiger charge is 2.56. The van der Waals surface area contributed by atoms with E-state index in [0.717, 1.165) is 28.3 Å². The van der Waals surface area contributed by atoms with E-state index in [1.807, 2.05) is 53.6 Å². The smallest absolute Gasteiger partial charge is 0.257 e. The standard InChI is InChI=1S/C26H26ClN3O2/c27-23-10-4-8-21(14-23)16-29-18-24(22-9-5-11-28-15-22)26(19-29)25(31)30(12-13-32-26)17-20-6-2-1-3-7-20/h1-11,14-15,24H,12-13,16-19H2. The van der Waals surface area contributed by atoms with Crippen LogP contribution in [-0.2, 0) is 22.6 Å². The van der Waals surface area contributed by atoms with Crippen molar-refractivity contribution in [3.63, 3.8) is 0 Å². The number of hydrogen-bond donors (Lipinski definition) is 0. The Kier molecular flexibility index (Phi) is 5.96. The Bertz CT molecular complexity index is 1080. The Morgan fingerprint density at radius 1 is 1.03 bits per heavy atom. The molecule has 1 amide bonds. The highest BCUT2D eigenvalue weighted by atomic mass is 35.5. The number of carbonyl (C=O) groups excluding carboxylic acids is 1. The largest absolute Gasteiger partial charge is 0.361 e. The number of rotatable bonds is 5. The fourth-order valence-corrected chi connectivity index (χ4v) is 5.18. The van der Waals surface area contributed by atoms with Crippen molar-refractivity contribution in [1.29, 1.82) is 0 Å². The van der Waals surface area contributed by atoms with Gasteiger partial charge in [-0.15, -0.1) is 0 Å². The first-order valence-corrected chi connectivity index (χ1v) is 11.4. The van der Waals surface area contributed by atoms with Crippen LogP contribution in [0, 0.1) is 0 Å². The summed E-state index contributed by atoms with van der Waals surface area (Å²) in [7, 11) is 0. The zero-order chi connectivity index (χ0) is 22.0. The molecule has 164 valence electrons. The van der Waals surface area contributed by atoms with Crippen LogP contribution < -0.4 is 0 Å². The van der Waals surface area contributed by atoms with E-state index in [4.69, 9.17) is 16.3 Å². The van der Waals surface area contributed by atoms with Crippen molar-refractivity contribution < 1.29 is 9.53 Å². The van der Waals surface area contributed by atoms with Crippen LogP contribution in [0.15, 0.2) is 79.1 Å². The third kappa shape index (κ3) is 4.16. The Morgan fingerprint density at radius 3 is 2.66 bits per heavy atom. The van der Waals surface area contributed by atoms with Crippen LogP contribution in [0.3, 0.4) is 0 Å². The van der Waals surface area contributed by atoms with Crippen molar-refractivity contribution in [3.05, 3.63) is 101 Å². The van der Waals surface area contributed by atoms with Gasteiger partial charge in [-0.05, 0) is 34.9 Å². The molecular weight excluding hydrogens is 422 g/mol. The lowest BCUT2D eigenvalue weighted by Crippen LogP contribution is -2.59. The van der Waals surface area contributed by atoms with Crippen molar-refractivity contribution in [2.24, 2.45) is 0 Å². The van der Waals surface area contributed by atoms with Crippen molar-refractivity contribution in [3.8, 4) is 0 Å². The molecule has 6 heteroatoms. The van der Waals surface area contributed by atoms with Gasteiger partial charge in [-0.25, -0.2) is 0 Å². The molecule has 5 nitrogen and oxygen atoms in total. The maximum atomic E-state index is 13.9. The van der Waals surface area contributed by atoms with Gasteiger partial charge in [-0.2, -0.15) is 0 Å². The van der Waals surface area contributed by atoms with Crippen LogP contribution in [0.1, 0.15) is 22.6 Å². The molecule has 0 N–H and O–H groups in total. The second-order valence-electron chi connectivity index (χ2n) is 8.59. The molecule has 1 spiro atoms. The molecule has 32 heavy (non-hydrogen) atoms. The van der Waals surface area contributed by atoms with Crippen molar-refractivity contribution >= 4 is 17.5 Å². The molecule has 2 unspecified atom stereocenters. The zero-order valence-electron chi connectivity index (χ0n) is 17.9. The fourth-order valence-electron chi connectivity index (χ4n) is 4.97. The summed E-state index contributed by atoms with van der Waals surface area (Å²) in [5, 5.41) is 0.722. The predicted octanol–water partition coefficient (Wildman–Crippen LogP) is 4.13. The monoisotopic (exact) mass is 447 g/mol. The average Bonchev–Trinajstić information content (AvgIpc) is 3.17. The number of pyridine rings is 1. The molecule has 2 aromatic carbocycles. The van der Waals surface area contributed by atoms with Gasteiger partial charge in [0.25, 0.3) is 5.91 Å². The van der Waals surface area contributed by atoms with Crippen LogP contribution in [0.2, 0.25) is 5.02 Å². The molecule has 3 heterocycles. The quantitative estimate of drug-likeness (QED) is 0.590. The van der Waals surface area contributed by atoms with Gasteiger partial charge in [0, 0.05) is 56.1 Å². The van der Waals surface area contributed by atoms with Crippen LogP contribution in [-0.4, -0.2) is 52.5 Å². The van der Waals surface area contributed by atoms with Gasteiger partial charge in [0.1, 0.15) is 0 Å². The van der Waals surface area contributed by atoms with Gasteiger partial charge in [0.05, 0.1) is 6.61 Å². The van der Waals surface area contributed by atoms with E-state index in [2.05, 4.69) is 34.1 Å². The van der Waals surface area contributed by atoms with Crippen molar-refractivity contribution in [2.45, 2.75) is 24.6 Å². The summed E-state index contributed by atoms with van der Waals surface area (Å²) in [6.07, 6.45) is 3.63. The summed E-state index contributed by atoms with van der Waals surface area (Å²) in [6, 6.07) is 22.0. The Morgan fingerprint density at radius 2 is 1.88 bits per heavy atom. The summed E-state index contributed by atoms with van der Waals surface area (Å²) in [5.41, 5.74) is 2.39. The van der Waals surface area contributed by atoms with E-state index in [0.29, 0.717) is 32.8 Å². The molecule has 2 aliphatic rings. The molecule has 2 aliphatic heterocycles. The highest BCUT2D eigenvalue weighted by molar-refractivity contribution is 6.30. The summed E-state index contributed by atoms with van der Waals surface area (Å²) in [5.74, 6) is -0.0171. The third-order valence-corrected chi connectivity index (χ3v) is 6.67. The van der Waals surface area contributed by atoms with Gasteiger partial charge < -0.3 is 9.64 Å². The second kappa shape index (κ2) is 9.02. The highest BCUT2D eigenvalue weighted by Crippen LogP contribution is 2.42. The molecule has 0 radical (unpaired) electrons. The first-order chi connectivity index (χ1) is 15.6. The first-order valence-electron chi connectivity index (χ1n) is 11.0. The maximum Gasteiger partial charge on any atom is 0.257 e. The predicted molar refractivity (Wildman–Crippen MR) is 124 cm³/mol. The molecule has 1 aromatic heterocycles. The van der Waals surface area contributed by atoms with Crippen LogP contribution in [0.4, 0.5) is 0 Å². The zero-order valence-corrected chi connectivity index (χ0v) is 18.6. The van der Waals surface area contributed by atoms with Gasteiger partial charge in [-0.3, -0.25) is 14.7 Å². The number of morpholine rings is 1. The van der Waals surface area contributed by atoms with Crippen LogP contribution in [0.25, 0.3) is 0 Å². The number of aromatic nitrogens is 1. The minimum Gasteiger partial charge on any atom is -0.361 e. The summed E-state index contributed by atoms with van der Waals surface area (Å²) < 4.78 is 6.38. The van der Waals surface area contributed by atoms with Gasteiger partial charge >= 0.3 is 0 Å². The number of nitrogens with zero attached hydrogens (tertiary/aromatic N) is 3. The Labute approximate surface area is 193 Å². The summed E-state index contributed by atoms with van der Waals surface area (Å²) in [6.45, 7) is 3.71. The van der Waals surface area contributed by atoms with Crippen LogP contribution >= 0.6 is 11.6 Å². The Balaban J connectivity index is 1.45. The van der Waals surface area contributed by atoms with Gasteiger partial charge in [0.15, 0.2) is 5.60 Å². The van der Waals surface area contributed by atoms with Crippen LogP contribution in [0.5, 0.6) is 0 Å². The molecule has 5 rings (SSSR count). The SMILES string of the molecule is O=C1N(Cc2ccccc2)CCOC12CN(Cc1cccc(Cl)c1)CC2c1cccnc1. The molecule has 2 atom stereocenters. The van der Waals surface area contributed by atoms with E-state index in [1.54, 1.807) is 6.20 Å². The molecular formula is C26H26ClN3O2. The number of likely N-dealkylation sites (tertiary alicyclic amines) is 1. The lowest BCUT2D eigenvalue weighted by molar-refractivity contribution is -0.173.